The number of hydrogen-bond donors (Lipinski definition) is 1. The minimum atomic E-state index is -4.44. The second-order valence-electron chi connectivity index (χ2n) is 3.91. The van der Waals surface area contributed by atoms with E-state index in [1.54, 1.807) is 11.3 Å². The smallest absolute Gasteiger partial charge is 0.349 e. The topological polar surface area (TPSA) is 29.1 Å². The number of hydrogen-bond acceptors (Lipinski definition) is 2. The maximum Gasteiger partial charge on any atom is 0.409 e. The van der Waals surface area contributed by atoms with Gasteiger partial charge in [0.15, 0.2) is 0 Å². The lowest BCUT2D eigenvalue weighted by Crippen LogP contribution is -2.34. The molecule has 92 valence electrons. The highest BCUT2D eigenvalue weighted by Crippen LogP contribution is 2.25. The maximum absolute atomic E-state index is 11.8. The first-order valence-corrected chi connectivity index (χ1v) is 5.99. The number of carbonyl (C=O) groups is 1. The summed E-state index contributed by atoms with van der Waals surface area (Å²) in [6.07, 6.45) is -2.56. The van der Waals surface area contributed by atoms with Gasteiger partial charge >= 0.3 is 6.18 Å². The first-order chi connectivity index (χ1) is 7.94. The lowest BCUT2D eigenvalue weighted by atomic mass is 10.2. The van der Waals surface area contributed by atoms with Crippen molar-refractivity contribution in [3.05, 3.63) is 34.0 Å². The van der Waals surface area contributed by atoms with Crippen LogP contribution in [0.4, 0.5) is 13.2 Å². The second-order valence-corrected chi connectivity index (χ2v) is 4.65. The van der Waals surface area contributed by atoms with Gasteiger partial charge in [0, 0.05) is 18.2 Å². The van der Waals surface area contributed by atoms with Crippen LogP contribution in [0.5, 0.6) is 0 Å². The summed E-state index contributed by atoms with van der Waals surface area (Å²) in [5.74, 6) is -0.693. The zero-order valence-corrected chi connectivity index (χ0v) is 9.57. The Hall–Kier alpha value is -1.30. The Balaban J connectivity index is 1.86. The molecule has 0 atom stereocenters. The highest BCUT2D eigenvalue weighted by atomic mass is 32.1. The highest BCUT2D eigenvalue weighted by Gasteiger charge is 2.25. The summed E-state index contributed by atoms with van der Waals surface area (Å²) in [5, 5.41) is 6.58. The van der Waals surface area contributed by atoms with Gasteiger partial charge in [0.25, 0.3) is 0 Å². The molecule has 0 radical (unpaired) electrons. The largest absolute Gasteiger partial charge is 0.409 e. The number of fused-ring (bicyclic) bond motifs is 1. The van der Waals surface area contributed by atoms with Gasteiger partial charge in [-0.15, -0.1) is 0 Å². The van der Waals surface area contributed by atoms with Crippen LogP contribution in [0.2, 0.25) is 0 Å². The molecule has 0 unspecified atom stereocenters. The van der Waals surface area contributed by atoms with Gasteiger partial charge in [0.1, 0.15) is 0 Å². The van der Waals surface area contributed by atoms with Crippen molar-refractivity contribution in [3.8, 4) is 0 Å². The zero-order valence-electron chi connectivity index (χ0n) is 8.75. The van der Waals surface area contributed by atoms with Gasteiger partial charge in [-0.2, -0.15) is 24.5 Å². The molecule has 1 aromatic heterocycles. The van der Waals surface area contributed by atoms with Crippen LogP contribution < -0.4 is 5.32 Å². The molecule has 0 saturated heterocycles. The molecule has 1 heterocycles. The van der Waals surface area contributed by atoms with Crippen LogP contribution in [-0.2, 0) is 17.6 Å². The van der Waals surface area contributed by atoms with Gasteiger partial charge in [-0.25, -0.2) is 0 Å². The van der Waals surface area contributed by atoms with Crippen molar-refractivity contribution in [1.82, 2.24) is 5.32 Å². The second kappa shape index (κ2) is 4.52. The number of carbonyl (C=O) groups excluding carboxylic acids is 1. The zero-order chi connectivity index (χ0) is 12.5. The Labute approximate surface area is 100 Å². The molecule has 1 aromatic rings. The van der Waals surface area contributed by atoms with Crippen LogP contribution in [-0.4, -0.2) is 18.1 Å². The first-order valence-electron chi connectivity index (χ1n) is 5.04. The fraction of sp³-hybridized carbons (Fsp3) is 0.364. The summed E-state index contributed by atoms with van der Waals surface area (Å²) in [6, 6.07) is -0.0845. The van der Waals surface area contributed by atoms with Gasteiger partial charge in [0.05, 0.1) is 0 Å². The van der Waals surface area contributed by atoms with Crippen LogP contribution in [0.15, 0.2) is 22.9 Å². The van der Waals surface area contributed by atoms with E-state index in [1.807, 2.05) is 10.8 Å². The van der Waals surface area contributed by atoms with Gasteiger partial charge in [-0.05, 0) is 34.7 Å². The molecular formula is C11H10F3NOS. The van der Waals surface area contributed by atoms with E-state index in [1.165, 1.54) is 11.1 Å². The molecule has 0 fully saturated rings. The van der Waals surface area contributed by atoms with E-state index in [-0.39, 0.29) is 12.1 Å². The first kappa shape index (κ1) is 12.2. The summed E-state index contributed by atoms with van der Waals surface area (Å²) in [4.78, 5) is 11.2. The fourth-order valence-electron chi connectivity index (χ4n) is 1.83. The lowest BCUT2D eigenvalue weighted by Gasteiger charge is -2.10. The monoisotopic (exact) mass is 261 g/mol. The molecule has 2 rings (SSSR count). The van der Waals surface area contributed by atoms with E-state index in [2.05, 4.69) is 5.32 Å². The van der Waals surface area contributed by atoms with Crippen LogP contribution in [0.1, 0.15) is 11.1 Å². The molecule has 17 heavy (non-hydrogen) atoms. The van der Waals surface area contributed by atoms with Gasteiger partial charge in [-0.3, -0.25) is 4.79 Å². The van der Waals surface area contributed by atoms with E-state index in [9.17, 15) is 18.0 Å². The molecule has 0 saturated carbocycles. The normalized spacial score (nSPS) is 16.4. The fourth-order valence-corrected chi connectivity index (χ4v) is 2.72. The molecule has 6 heteroatoms. The minimum Gasteiger partial charge on any atom is -0.349 e. The van der Waals surface area contributed by atoms with E-state index in [0.29, 0.717) is 18.9 Å². The Morgan fingerprint density at radius 3 is 2.47 bits per heavy atom. The van der Waals surface area contributed by atoms with Crippen molar-refractivity contribution in [3.63, 3.8) is 0 Å². The molecule has 0 aliphatic heterocycles. The van der Waals surface area contributed by atoms with Crippen molar-refractivity contribution in [2.45, 2.75) is 25.1 Å². The SMILES string of the molecule is O=C(/C=C/C(F)(F)F)NC1Cc2cscc2C1. The third-order valence-corrected chi connectivity index (χ3v) is 3.38. The van der Waals surface area contributed by atoms with E-state index in [0.717, 1.165) is 0 Å². The maximum atomic E-state index is 11.8. The number of thiophene rings is 1. The molecular weight excluding hydrogens is 251 g/mol. The van der Waals surface area contributed by atoms with Crippen molar-refractivity contribution in [2.75, 3.05) is 0 Å². The third kappa shape index (κ3) is 3.33. The average molecular weight is 261 g/mol. The number of nitrogens with one attached hydrogen (secondary N) is 1. The molecule has 1 amide bonds. The summed E-state index contributed by atoms with van der Waals surface area (Å²) in [7, 11) is 0. The minimum absolute atomic E-state index is 0.0491. The molecule has 1 aliphatic carbocycles. The lowest BCUT2D eigenvalue weighted by molar-refractivity contribution is -0.118. The molecule has 1 N–H and O–H groups in total. The molecule has 0 aromatic carbocycles. The molecule has 0 spiro atoms. The predicted octanol–water partition coefficient (Wildman–Crippen LogP) is 2.45. The van der Waals surface area contributed by atoms with Crippen molar-refractivity contribution in [1.29, 1.82) is 0 Å². The summed E-state index contributed by atoms with van der Waals surface area (Å²) in [5.41, 5.74) is 2.36. The number of halogens is 3. The van der Waals surface area contributed by atoms with Crippen LogP contribution >= 0.6 is 11.3 Å². The Morgan fingerprint density at radius 2 is 1.94 bits per heavy atom. The summed E-state index contributed by atoms with van der Waals surface area (Å²) in [6.45, 7) is 0. The molecule has 2 nitrogen and oxygen atoms in total. The van der Waals surface area contributed by atoms with Gasteiger partial charge in [-0.1, -0.05) is 0 Å². The standard InChI is InChI=1S/C11H10F3NOS/c12-11(13,14)2-1-10(16)15-9-3-7-5-17-6-8(7)4-9/h1-2,5-6,9H,3-4H2,(H,15,16)/b2-1+. The molecule has 0 bridgehead atoms. The van der Waals surface area contributed by atoms with E-state index >= 15 is 0 Å². The number of alkyl halides is 3. The van der Waals surface area contributed by atoms with Gasteiger partial charge < -0.3 is 5.32 Å². The van der Waals surface area contributed by atoms with Crippen LogP contribution in [0, 0.1) is 0 Å². The average Bonchev–Trinajstić information content (AvgIpc) is 2.73. The number of allylic oxidation sites excluding steroid dienone is 1. The quantitative estimate of drug-likeness (QED) is 0.814. The highest BCUT2D eigenvalue weighted by molar-refractivity contribution is 7.08. The number of rotatable bonds is 2. The van der Waals surface area contributed by atoms with Crippen molar-refractivity contribution >= 4 is 17.2 Å². The number of amides is 1. The third-order valence-electron chi connectivity index (χ3n) is 2.54. The van der Waals surface area contributed by atoms with Crippen molar-refractivity contribution in [2.24, 2.45) is 0 Å². The predicted molar refractivity (Wildman–Crippen MR) is 58.9 cm³/mol. The van der Waals surface area contributed by atoms with E-state index < -0.39 is 12.1 Å². The Bertz CT molecular complexity index is 429. The van der Waals surface area contributed by atoms with Crippen LogP contribution in [0.25, 0.3) is 0 Å². The van der Waals surface area contributed by atoms with Crippen LogP contribution in [0.3, 0.4) is 0 Å². The molecule has 1 aliphatic rings. The summed E-state index contributed by atoms with van der Waals surface area (Å²) < 4.78 is 35.5. The van der Waals surface area contributed by atoms with Gasteiger partial charge in [0.2, 0.25) is 5.91 Å². The Kier molecular flexibility index (Phi) is 3.24. The Morgan fingerprint density at radius 1 is 1.35 bits per heavy atom. The summed E-state index contributed by atoms with van der Waals surface area (Å²) >= 11 is 1.60. The van der Waals surface area contributed by atoms with E-state index in [4.69, 9.17) is 0 Å². The van der Waals surface area contributed by atoms with Crippen molar-refractivity contribution < 1.29 is 18.0 Å².